The number of amides is 1. The number of aromatic nitrogens is 2. The lowest BCUT2D eigenvalue weighted by atomic mass is 9.75. The van der Waals surface area contributed by atoms with Crippen molar-refractivity contribution in [2.75, 3.05) is 14.1 Å². The van der Waals surface area contributed by atoms with Gasteiger partial charge in [-0.15, -0.1) is 11.3 Å². The van der Waals surface area contributed by atoms with Crippen LogP contribution in [0.3, 0.4) is 0 Å². The molecule has 1 saturated carbocycles. The van der Waals surface area contributed by atoms with Gasteiger partial charge in [-0.05, 0) is 78.1 Å². The van der Waals surface area contributed by atoms with Gasteiger partial charge >= 0.3 is 5.97 Å². The normalized spacial score (nSPS) is 17.3. The summed E-state index contributed by atoms with van der Waals surface area (Å²) in [6.45, 7) is 3.61. The summed E-state index contributed by atoms with van der Waals surface area (Å²) >= 11 is 7.64. The SMILES string of the molecule is Cc1onc(-c2ccccc2Cl)c1C(=O)O.Cc1sc(-c2ccccc2)nc1CC(=O)NC1CCC(CCc2ccccc2)(N(C)C)CC1. The first kappa shape index (κ1) is 36.0. The molecule has 0 unspecified atom stereocenters. The quantitative estimate of drug-likeness (QED) is 0.150. The van der Waals surface area contributed by atoms with E-state index in [-0.39, 0.29) is 34.5 Å². The largest absolute Gasteiger partial charge is 0.477 e. The summed E-state index contributed by atoms with van der Waals surface area (Å²) in [5.74, 6) is -0.717. The van der Waals surface area contributed by atoms with E-state index in [0.717, 1.165) is 59.7 Å². The molecule has 6 rings (SSSR count). The molecule has 3 aromatic carbocycles. The molecule has 0 saturated heterocycles. The van der Waals surface area contributed by atoms with Gasteiger partial charge in [-0.2, -0.15) is 0 Å². The highest BCUT2D eigenvalue weighted by molar-refractivity contribution is 7.15. The van der Waals surface area contributed by atoms with Gasteiger partial charge in [-0.25, -0.2) is 9.78 Å². The van der Waals surface area contributed by atoms with Crippen LogP contribution in [-0.4, -0.2) is 57.7 Å². The second-order valence-corrected chi connectivity index (χ2v) is 14.4. The van der Waals surface area contributed by atoms with Crippen molar-refractivity contribution in [1.82, 2.24) is 20.4 Å². The summed E-state index contributed by atoms with van der Waals surface area (Å²) < 4.78 is 4.88. The number of carboxylic acids is 1. The maximum atomic E-state index is 12.8. The fourth-order valence-electron chi connectivity index (χ4n) is 6.43. The predicted molar refractivity (Wildman–Crippen MR) is 196 cm³/mol. The Hall–Kier alpha value is -4.31. The number of hydrogen-bond donors (Lipinski definition) is 2. The van der Waals surface area contributed by atoms with Crippen LogP contribution in [0.4, 0.5) is 0 Å². The van der Waals surface area contributed by atoms with Gasteiger partial charge in [0.2, 0.25) is 5.91 Å². The van der Waals surface area contributed by atoms with Gasteiger partial charge in [-0.3, -0.25) is 4.79 Å². The van der Waals surface area contributed by atoms with Gasteiger partial charge in [-0.1, -0.05) is 95.6 Å². The van der Waals surface area contributed by atoms with Crippen LogP contribution in [0.25, 0.3) is 21.8 Å². The molecular weight excluding hydrogens is 656 g/mol. The van der Waals surface area contributed by atoms with Crippen molar-refractivity contribution in [1.29, 1.82) is 0 Å². The van der Waals surface area contributed by atoms with E-state index in [1.807, 2.05) is 18.2 Å². The number of nitrogens with one attached hydrogen (secondary N) is 1. The molecule has 2 N–H and O–H groups in total. The Morgan fingerprint density at radius 2 is 1.61 bits per heavy atom. The zero-order valence-electron chi connectivity index (χ0n) is 28.4. The second-order valence-electron chi connectivity index (χ2n) is 12.8. The topological polar surface area (TPSA) is 109 Å². The van der Waals surface area contributed by atoms with Gasteiger partial charge in [0.05, 0.1) is 17.1 Å². The van der Waals surface area contributed by atoms with Crippen LogP contribution in [0.1, 0.15) is 64.4 Å². The molecule has 1 fully saturated rings. The fraction of sp³-hybridized carbons (Fsp3) is 0.333. The molecule has 1 aliphatic rings. The zero-order valence-corrected chi connectivity index (χ0v) is 30.0. The van der Waals surface area contributed by atoms with Crippen molar-refractivity contribution in [3.63, 3.8) is 0 Å². The first-order valence-electron chi connectivity index (χ1n) is 16.5. The van der Waals surface area contributed by atoms with E-state index < -0.39 is 5.97 Å². The summed E-state index contributed by atoms with van der Waals surface area (Å²) in [6, 6.07) is 28.1. The van der Waals surface area contributed by atoms with Crippen molar-refractivity contribution in [2.24, 2.45) is 0 Å². The summed E-state index contributed by atoms with van der Waals surface area (Å²) in [5.41, 5.74) is 4.50. The van der Waals surface area contributed by atoms with Crippen molar-refractivity contribution >= 4 is 34.8 Å². The molecule has 256 valence electrons. The number of hydrogen-bond acceptors (Lipinski definition) is 7. The Kier molecular flexibility index (Phi) is 12.0. The molecule has 0 aliphatic heterocycles. The Morgan fingerprint density at radius 1 is 0.980 bits per heavy atom. The molecule has 1 amide bonds. The maximum Gasteiger partial charge on any atom is 0.341 e. The number of thiazole rings is 1. The highest BCUT2D eigenvalue weighted by Crippen LogP contribution is 2.37. The lowest BCUT2D eigenvalue weighted by Crippen LogP contribution is -2.51. The molecule has 1 aliphatic carbocycles. The van der Waals surface area contributed by atoms with Crippen LogP contribution < -0.4 is 5.32 Å². The molecule has 2 heterocycles. The monoisotopic (exact) mass is 698 g/mol. The fourth-order valence-corrected chi connectivity index (χ4v) is 7.59. The number of nitrogens with zero attached hydrogens (tertiary/aromatic N) is 3. The third-order valence-corrected chi connectivity index (χ3v) is 10.8. The molecule has 0 atom stereocenters. The van der Waals surface area contributed by atoms with Gasteiger partial charge < -0.3 is 19.8 Å². The number of aryl methyl sites for hydroxylation is 3. The van der Waals surface area contributed by atoms with Crippen molar-refractivity contribution < 1.29 is 19.2 Å². The summed E-state index contributed by atoms with van der Waals surface area (Å²) in [6.07, 6.45) is 6.91. The van der Waals surface area contributed by atoms with Crippen LogP contribution in [0, 0.1) is 13.8 Å². The first-order valence-corrected chi connectivity index (χ1v) is 17.7. The molecule has 5 aromatic rings. The summed E-state index contributed by atoms with van der Waals surface area (Å²) in [5, 5.41) is 17.5. The van der Waals surface area contributed by atoms with Crippen LogP contribution in [-0.2, 0) is 17.6 Å². The minimum absolute atomic E-state index is 0.0492. The van der Waals surface area contributed by atoms with Crippen molar-refractivity contribution in [2.45, 2.75) is 70.4 Å². The average Bonchev–Trinajstić information content (AvgIpc) is 3.67. The molecule has 49 heavy (non-hydrogen) atoms. The van der Waals surface area contributed by atoms with Crippen LogP contribution in [0.5, 0.6) is 0 Å². The summed E-state index contributed by atoms with van der Waals surface area (Å²) in [4.78, 5) is 32.2. The third kappa shape index (κ3) is 9.03. The van der Waals surface area contributed by atoms with Gasteiger partial charge in [0.15, 0.2) is 0 Å². The zero-order chi connectivity index (χ0) is 35.0. The number of carboxylic acid groups (broad SMARTS) is 1. The lowest BCUT2D eigenvalue weighted by molar-refractivity contribution is -0.121. The minimum Gasteiger partial charge on any atom is -0.477 e. The number of halogens is 1. The lowest BCUT2D eigenvalue weighted by Gasteiger charge is -2.45. The number of benzene rings is 3. The molecule has 8 nitrogen and oxygen atoms in total. The number of aromatic carboxylic acids is 1. The van der Waals surface area contributed by atoms with E-state index in [0.29, 0.717) is 17.0 Å². The van der Waals surface area contributed by atoms with E-state index in [1.54, 1.807) is 42.5 Å². The Bertz CT molecular complexity index is 1850. The summed E-state index contributed by atoms with van der Waals surface area (Å²) in [7, 11) is 4.42. The minimum atomic E-state index is -1.08. The predicted octanol–water partition coefficient (Wildman–Crippen LogP) is 8.65. The van der Waals surface area contributed by atoms with Gasteiger partial charge in [0, 0.05) is 27.6 Å². The maximum absolute atomic E-state index is 12.8. The highest BCUT2D eigenvalue weighted by Gasteiger charge is 2.37. The number of carbonyl (C=O) groups is 2. The van der Waals surface area contributed by atoms with E-state index >= 15 is 0 Å². The smallest absolute Gasteiger partial charge is 0.341 e. The van der Waals surface area contributed by atoms with Crippen LogP contribution >= 0.6 is 22.9 Å². The van der Waals surface area contributed by atoms with Gasteiger partial charge in [0.1, 0.15) is 22.0 Å². The second kappa shape index (κ2) is 16.4. The van der Waals surface area contributed by atoms with Crippen LogP contribution in [0.2, 0.25) is 5.02 Å². The van der Waals surface area contributed by atoms with E-state index in [4.69, 9.17) is 26.2 Å². The van der Waals surface area contributed by atoms with Gasteiger partial charge in [0.25, 0.3) is 0 Å². The Labute approximate surface area is 297 Å². The molecule has 0 bridgehead atoms. The molecule has 0 spiro atoms. The van der Waals surface area contributed by atoms with Crippen molar-refractivity contribution in [3.05, 3.63) is 117 Å². The highest BCUT2D eigenvalue weighted by atomic mass is 35.5. The molecule has 10 heteroatoms. The number of carbonyl (C=O) groups excluding carboxylic acids is 1. The van der Waals surface area contributed by atoms with Crippen molar-refractivity contribution in [3.8, 4) is 21.8 Å². The van der Waals surface area contributed by atoms with E-state index in [1.165, 1.54) is 5.56 Å². The molecule has 2 aromatic heterocycles. The number of rotatable bonds is 10. The van der Waals surface area contributed by atoms with E-state index in [2.05, 4.69) is 78.9 Å². The first-order chi connectivity index (χ1) is 23.6. The molecule has 0 radical (unpaired) electrons. The Morgan fingerprint density at radius 3 is 2.24 bits per heavy atom. The third-order valence-electron chi connectivity index (χ3n) is 9.40. The van der Waals surface area contributed by atoms with Crippen LogP contribution in [0.15, 0.2) is 89.5 Å². The molecular formula is C39H43ClN4O4S. The van der Waals surface area contributed by atoms with E-state index in [9.17, 15) is 9.59 Å². The Balaban J connectivity index is 0.000000244. The average molecular weight is 699 g/mol. The standard InChI is InChI=1S/C28H35N3OS.C11H8ClNO3/c1-21-25(30-27(33-21)23-12-8-5-9-13-23)20-26(32)29-24-15-18-28(19-16-24,31(2)3)17-14-22-10-6-4-7-11-22;1-6-9(11(14)15)10(13-16-6)7-4-2-3-5-8(7)12/h4-13,24H,14-20H2,1-3H3,(H,29,32);2-5H,1H3,(H,14,15).